The summed E-state index contributed by atoms with van der Waals surface area (Å²) in [6.07, 6.45) is -1.00. The first kappa shape index (κ1) is 18.2. The molecule has 7 nitrogen and oxygen atoms in total. The van der Waals surface area contributed by atoms with E-state index < -0.39 is 19.9 Å². The SMILES string of the molecule is CCOP(=O)(OCC)Oc1ccc(C(C#N)OC(C)=O)cc1. The van der Waals surface area contributed by atoms with Gasteiger partial charge in [0, 0.05) is 12.5 Å². The van der Waals surface area contributed by atoms with Crippen molar-refractivity contribution in [2.45, 2.75) is 26.9 Å². The zero-order valence-electron chi connectivity index (χ0n) is 12.6. The van der Waals surface area contributed by atoms with E-state index in [1.807, 2.05) is 6.07 Å². The van der Waals surface area contributed by atoms with Crippen LogP contribution in [0, 0.1) is 11.3 Å². The standard InChI is InChI=1S/C14H18NO6P/c1-4-18-22(17,19-5-2)21-13-8-6-12(7-9-13)14(10-15)20-11(3)16/h6-9,14H,4-5H2,1-3H3. The molecule has 120 valence electrons. The van der Waals surface area contributed by atoms with Gasteiger partial charge in [-0.25, -0.2) is 4.57 Å². The Balaban J connectivity index is 2.86. The molecule has 1 aromatic carbocycles. The Morgan fingerprint density at radius 2 is 1.77 bits per heavy atom. The number of carbonyl (C=O) groups is 1. The van der Waals surface area contributed by atoms with Crippen molar-refractivity contribution in [3.05, 3.63) is 29.8 Å². The normalized spacial score (nSPS) is 12.3. The van der Waals surface area contributed by atoms with Crippen LogP contribution in [0.1, 0.15) is 32.4 Å². The molecule has 22 heavy (non-hydrogen) atoms. The molecule has 0 heterocycles. The summed E-state index contributed by atoms with van der Waals surface area (Å²) >= 11 is 0. The molecule has 0 aliphatic heterocycles. The summed E-state index contributed by atoms with van der Waals surface area (Å²) in [5, 5.41) is 8.98. The first-order valence-electron chi connectivity index (χ1n) is 6.69. The van der Waals surface area contributed by atoms with Gasteiger partial charge in [-0.2, -0.15) is 5.26 Å². The number of nitrogens with zero attached hydrogens (tertiary/aromatic N) is 1. The minimum atomic E-state index is -3.66. The molecule has 1 atom stereocenters. The highest BCUT2D eigenvalue weighted by Crippen LogP contribution is 2.49. The lowest BCUT2D eigenvalue weighted by Crippen LogP contribution is -2.06. The molecule has 0 spiro atoms. The van der Waals surface area contributed by atoms with Crippen LogP contribution in [0.2, 0.25) is 0 Å². The highest BCUT2D eigenvalue weighted by Gasteiger charge is 2.27. The fraction of sp³-hybridized carbons (Fsp3) is 0.429. The molecule has 0 saturated carbocycles. The van der Waals surface area contributed by atoms with E-state index in [1.165, 1.54) is 31.2 Å². The highest BCUT2D eigenvalue weighted by atomic mass is 31.2. The third-order valence-corrected chi connectivity index (χ3v) is 3.96. The summed E-state index contributed by atoms with van der Waals surface area (Å²) in [4.78, 5) is 10.9. The number of hydrogen-bond acceptors (Lipinski definition) is 7. The van der Waals surface area contributed by atoms with E-state index in [0.717, 1.165) is 0 Å². The van der Waals surface area contributed by atoms with Gasteiger partial charge in [0.1, 0.15) is 11.8 Å². The molecule has 0 aromatic heterocycles. The number of esters is 1. The smallest absolute Gasteiger partial charge is 0.442 e. The van der Waals surface area contributed by atoms with Crippen molar-refractivity contribution >= 4 is 13.8 Å². The Bertz CT molecular complexity index is 570. The van der Waals surface area contributed by atoms with Gasteiger partial charge in [0.05, 0.1) is 13.2 Å². The molecule has 0 radical (unpaired) electrons. The predicted molar refractivity (Wildman–Crippen MR) is 78.0 cm³/mol. The largest absolute Gasteiger partial charge is 0.530 e. The maximum Gasteiger partial charge on any atom is 0.530 e. The summed E-state index contributed by atoms with van der Waals surface area (Å²) in [7, 11) is -3.66. The maximum absolute atomic E-state index is 12.2. The van der Waals surface area contributed by atoms with Crippen LogP contribution in [0.4, 0.5) is 0 Å². The fourth-order valence-corrected chi connectivity index (χ4v) is 2.77. The zero-order chi connectivity index (χ0) is 16.6. The Labute approximate surface area is 129 Å². The summed E-state index contributed by atoms with van der Waals surface area (Å²) in [6.45, 7) is 4.93. The number of hydrogen-bond donors (Lipinski definition) is 0. The second-order valence-electron chi connectivity index (χ2n) is 4.06. The average molecular weight is 327 g/mol. The van der Waals surface area contributed by atoms with Crippen LogP contribution in [0.3, 0.4) is 0 Å². The topological polar surface area (TPSA) is 94.9 Å². The van der Waals surface area contributed by atoms with Gasteiger partial charge in [-0.15, -0.1) is 0 Å². The van der Waals surface area contributed by atoms with Crippen LogP contribution >= 0.6 is 7.82 Å². The van der Waals surface area contributed by atoms with E-state index >= 15 is 0 Å². The van der Waals surface area contributed by atoms with Gasteiger partial charge >= 0.3 is 13.8 Å². The van der Waals surface area contributed by atoms with Crippen LogP contribution in [-0.4, -0.2) is 19.2 Å². The molecule has 1 aromatic rings. The van der Waals surface area contributed by atoms with Crippen LogP contribution in [-0.2, 0) is 23.1 Å². The van der Waals surface area contributed by atoms with E-state index in [4.69, 9.17) is 23.6 Å². The number of ether oxygens (including phenoxy) is 1. The van der Waals surface area contributed by atoms with Crippen molar-refractivity contribution in [1.82, 2.24) is 0 Å². The molecule has 0 saturated heterocycles. The number of phosphoric acid groups is 1. The molecule has 1 unspecified atom stereocenters. The highest BCUT2D eigenvalue weighted by molar-refractivity contribution is 7.48. The predicted octanol–water partition coefficient (Wildman–Crippen LogP) is 3.37. The van der Waals surface area contributed by atoms with Crippen molar-refractivity contribution in [2.24, 2.45) is 0 Å². The Kier molecular flexibility index (Phi) is 7.06. The van der Waals surface area contributed by atoms with Crippen molar-refractivity contribution in [1.29, 1.82) is 5.26 Å². The number of phosphoric ester groups is 1. The van der Waals surface area contributed by atoms with Gasteiger partial charge in [0.25, 0.3) is 0 Å². The molecule has 0 amide bonds. The third-order valence-electron chi connectivity index (χ3n) is 2.38. The number of carbonyl (C=O) groups excluding carboxylic acids is 1. The van der Waals surface area contributed by atoms with Crippen molar-refractivity contribution < 1.29 is 27.7 Å². The van der Waals surface area contributed by atoms with Crippen molar-refractivity contribution in [3.8, 4) is 11.8 Å². The molecular formula is C14H18NO6P. The lowest BCUT2D eigenvalue weighted by atomic mass is 10.1. The second-order valence-corrected chi connectivity index (χ2v) is 5.66. The molecule has 1 rings (SSSR count). The Hall–Kier alpha value is -1.87. The molecule has 0 fully saturated rings. The van der Waals surface area contributed by atoms with Crippen LogP contribution in [0.25, 0.3) is 0 Å². The monoisotopic (exact) mass is 327 g/mol. The van der Waals surface area contributed by atoms with Gasteiger partial charge in [-0.05, 0) is 26.0 Å². The zero-order valence-corrected chi connectivity index (χ0v) is 13.5. The Morgan fingerprint density at radius 3 is 2.18 bits per heavy atom. The Morgan fingerprint density at radius 1 is 1.23 bits per heavy atom. The average Bonchev–Trinajstić information content (AvgIpc) is 2.46. The number of benzene rings is 1. The quantitative estimate of drug-likeness (QED) is 0.533. The minimum Gasteiger partial charge on any atom is -0.442 e. The summed E-state index contributed by atoms with van der Waals surface area (Å²) in [5.74, 6) is -0.294. The number of nitriles is 1. The fourth-order valence-electron chi connectivity index (χ4n) is 1.57. The number of rotatable bonds is 8. The van der Waals surface area contributed by atoms with Crippen molar-refractivity contribution in [2.75, 3.05) is 13.2 Å². The molecule has 8 heteroatoms. The van der Waals surface area contributed by atoms with E-state index in [1.54, 1.807) is 13.8 Å². The van der Waals surface area contributed by atoms with E-state index in [2.05, 4.69) is 0 Å². The second kappa shape index (κ2) is 8.54. The van der Waals surface area contributed by atoms with Gasteiger partial charge < -0.3 is 9.26 Å². The van der Waals surface area contributed by atoms with Gasteiger partial charge in [-0.1, -0.05) is 12.1 Å². The lowest BCUT2D eigenvalue weighted by molar-refractivity contribution is -0.144. The summed E-state index contributed by atoms with van der Waals surface area (Å²) in [6, 6.07) is 7.93. The van der Waals surface area contributed by atoms with Crippen LogP contribution < -0.4 is 4.52 Å². The summed E-state index contributed by atoms with van der Waals surface area (Å²) in [5.41, 5.74) is 0.479. The first-order valence-corrected chi connectivity index (χ1v) is 8.15. The lowest BCUT2D eigenvalue weighted by Gasteiger charge is -2.17. The molecule has 0 aliphatic carbocycles. The minimum absolute atomic E-state index is 0.179. The van der Waals surface area contributed by atoms with E-state index in [0.29, 0.717) is 5.56 Å². The van der Waals surface area contributed by atoms with E-state index in [9.17, 15) is 9.36 Å². The molecule has 0 aliphatic rings. The maximum atomic E-state index is 12.2. The molecule has 0 bridgehead atoms. The molecular weight excluding hydrogens is 309 g/mol. The third kappa shape index (κ3) is 5.49. The van der Waals surface area contributed by atoms with Crippen molar-refractivity contribution in [3.63, 3.8) is 0 Å². The summed E-state index contributed by atoms with van der Waals surface area (Å²) < 4.78 is 32.4. The van der Waals surface area contributed by atoms with Gasteiger partial charge in [-0.3, -0.25) is 13.8 Å². The van der Waals surface area contributed by atoms with Gasteiger partial charge in [0.2, 0.25) is 6.10 Å². The van der Waals surface area contributed by atoms with E-state index in [-0.39, 0.29) is 19.0 Å². The van der Waals surface area contributed by atoms with Gasteiger partial charge in [0.15, 0.2) is 0 Å². The van der Waals surface area contributed by atoms with Crippen LogP contribution in [0.5, 0.6) is 5.75 Å². The van der Waals surface area contributed by atoms with Crippen LogP contribution in [0.15, 0.2) is 24.3 Å². The molecule has 0 N–H and O–H groups in total. The first-order chi connectivity index (χ1) is 10.4.